The van der Waals surface area contributed by atoms with Crippen LogP contribution in [0.15, 0.2) is 46.1 Å². The van der Waals surface area contributed by atoms with Crippen LogP contribution in [-0.2, 0) is 6.54 Å². The zero-order valence-corrected chi connectivity index (χ0v) is 16.8. The van der Waals surface area contributed by atoms with Crippen LogP contribution < -0.4 is 5.32 Å². The van der Waals surface area contributed by atoms with Gasteiger partial charge in [-0.3, -0.25) is 4.99 Å². The maximum atomic E-state index is 12.9. The maximum Gasteiger partial charge on any atom is 0.193 e. The Balaban J connectivity index is 0.00000264. The van der Waals surface area contributed by atoms with Crippen molar-refractivity contribution in [3.63, 3.8) is 0 Å². The summed E-state index contributed by atoms with van der Waals surface area (Å²) in [6.07, 6.45) is 0. The molecule has 0 radical (unpaired) electrons. The highest BCUT2D eigenvalue weighted by molar-refractivity contribution is 14.0. The Morgan fingerprint density at radius 1 is 1.30 bits per heavy atom. The van der Waals surface area contributed by atoms with Gasteiger partial charge in [-0.1, -0.05) is 19.1 Å². The van der Waals surface area contributed by atoms with Crippen LogP contribution in [0, 0.1) is 5.82 Å². The van der Waals surface area contributed by atoms with Crippen LogP contribution in [0.3, 0.4) is 0 Å². The summed E-state index contributed by atoms with van der Waals surface area (Å²) >= 11 is 1.72. The SMILES string of the molecule is CN=C(NCC(C)c1ccsc1)N(C)Cc1ccc(F)cc1.I. The van der Waals surface area contributed by atoms with Crippen molar-refractivity contribution in [2.45, 2.75) is 19.4 Å². The Morgan fingerprint density at radius 3 is 2.57 bits per heavy atom. The van der Waals surface area contributed by atoms with E-state index in [0.717, 1.165) is 18.1 Å². The molecule has 2 aromatic rings. The van der Waals surface area contributed by atoms with Crippen molar-refractivity contribution < 1.29 is 4.39 Å². The second-order valence-corrected chi connectivity index (χ2v) is 6.15. The van der Waals surface area contributed by atoms with E-state index in [1.54, 1.807) is 30.5 Å². The fourth-order valence-electron chi connectivity index (χ4n) is 2.24. The molecule has 1 aromatic carbocycles. The minimum atomic E-state index is -0.210. The fourth-order valence-corrected chi connectivity index (χ4v) is 3.02. The molecule has 0 aliphatic rings. The predicted molar refractivity (Wildman–Crippen MR) is 107 cm³/mol. The summed E-state index contributed by atoms with van der Waals surface area (Å²) in [5.74, 6) is 1.06. The Kier molecular flexibility index (Phi) is 8.54. The van der Waals surface area contributed by atoms with Gasteiger partial charge < -0.3 is 10.2 Å². The summed E-state index contributed by atoms with van der Waals surface area (Å²) in [7, 11) is 3.76. The molecule has 6 heteroatoms. The first-order valence-electron chi connectivity index (χ1n) is 7.28. The molecule has 0 aliphatic carbocycles. The van der Waals surface area contributed by atoms with Crippen LogP contribution >= 0.6 is 35.3 Å². The highest BCUT2D eigenvalue weighted by Gasteiger charge is 2.10. The number of aliphatic imine (C=N–C) groups is 1. The largest absolute Gasteiger partial charge is 0.356 e. The van der Waals surface area contributed by atoms with Crippen molar-refractivity contribution in [3.05, 3.63) is 58.0 Å². The molecule has 126 valence electrons. The maximum absolute atomic E-state index is 12.9. The standard InChI is InChI=1S/C17H22FN3S.HI/c1-13(15-8-9-22-12-15)10-20-17(19-2)21(3)11-14-4-6-16(18)7-5-14;/h4-9,12-13H,10-11H2,1-3H3,(H,19,20);1H. The molecular formula is C17H23FIN3S. The Hall–Kier alpha value is -1.15. The lowest BCUT2D eigenvalue weighted by Gasteiger charge is -2.23. The van der Waals surface area contributed by atoms with Crippen LogP contribution in [-0.4, -0.2) is 31.5 Å². The Bertz CT molecular complexity index is 599. The third-order valence-corrected chi connectivity index (χ3v) is 4.29. The molecule has 0 fully saturated rings. The molecule has 0 saturated heterocycles. The van der Waals surface area contributed by atoms with Crippen LogP contribution in [0.2, 0.25) is 0 Å². The van der Waals surface area contributed by atoms with Crippen molar-refractivity contribution >= 4 is 41.3 Å². The minimum absolute atomic E-state index is 0. The highest BCUT2D eigenvalue weighted by Crippen LogP contribution is 2.17. The van der Waals surface area contributed by atoms with Gasteiger partial charge in [-0.2, -0.15) is 11.3 Å². The van der Waals surface area contributed by atoms with Gasteiger partial charge in [0.25, 0.3) is 0 Å². The van der Waals surface area contributed by atoms with E-state index in [9.17, 15) is 4.39 Å². The molecule has 0 aliphatic heterocycles. The van der Waals surface area contributed by atoms with Crippen LogP contribution in [0.25, 0.3) is 0 Å². The first-order chi connectivity index (χ1) is 10.6. The number of rotatable bonds is 5. The number of benzene rings is 1. The molecule has 1 aromatic heterocycles. The average Bonchev–Trinajstić information content (AvgIpc) is 3.04. The van der Waals surface area contributed by atoms with E-state index < -0.39 is 0 Å². The summed E-state index contributed by atoms with van der Waals surface area (Å²) in [4.78, 5) is 6.35. The van der Waals surface area contributed by atoms with E-state index in [0.29, 0.717) is 12.5 Å². The average molecular weight is 447 g/mol. The van der Waals surface area contributed by atoms with Crippen LogP contribution in [0.4, 0.5) is 4.39 Å². The highest BCUT2D eigenvalue weighted by atomic mass is 127. The lowest BCUT2D eigenvalue weighted by atomic mass is 10.1. The second-order valence-electron chi connectivity index (χ2n) is 5.37. The third kappa shape index (κ3) is 6.10. The summed E-state index contributed by atoms with van der Waals surface area (Å²) in [5, 5.41) is 7.67. The second kappa shape index (κ2) is 9.87. The topological polar surface area (TPSA) is 27.6 Å². The van der Waals surface area contributed by atoms with Crippen molar-refractivity contribution in [1.82, 2.24) is 10.2 Å². The number of hydrogen-bond acceptors (Lipinski definition) is 2. The van der Waals surface area contributed by atoms with Crippen molar-refractivity contribution in [1.29, 1.82) is 0 Å². The molecule has 0 amide bonds. The molecule has 2 rings (SSSR count). The molecule has 0 bridgehead atoms. The molecule has 3 nitrogen and oxygen atoms in total. The summed E-state index contributed by atoms with van der Waals surface area (Å²) in [6, 6.07) is 8.72. The molecule has 1 atom stereocenters. The number of guanidine groups is 1. The van der Waals surface area contributed by atoms with Gasteiger partial charge in [0, 0.05) is 27.2 Å². The quantitative estimate of drug-likeness (QED) is 0.420. The first kappa shape index (κ1) is 19.9. The molecular weight excluding hydrogens is 424 g/mol. The van der Waals surface area contributed by atoms with Crippen LogP contribution in [0.5, 0.6) is 0 Å². The van der Waals surface area contributed by atoms with Gasteiger partial charge in [-0.25, -0.2) is 4.39 Å². The van der Waals surface area contributed by atoms with E-state index in [4.69, 9.17) is 0 Å². The molecule has 0 saturated carbocycles. The van der Waals surface area contributed by atoms with E-state index in [1.807, 2.05) is 11.9 Å². The summed E-state index contributed by atoms with van der Waals surface area (Å²) in [5.41, 5.74) is 2.40. The van der Waals surface area contributed by atoms with Gasteiger partial charge in [0.1, 0.15) is 5.82 Å². The lowest BCUT2D eigenvalue weighted by Crippen LogP contribution is -2.40. The fraction of sp³-hybridized carbons (Fsp3) is 0.353. The number of nitrogens with zero attached hydrogens (tertiary/aromatic N) is 2. The number of hydrogen-bond donors (Lipinski definition) is 1. The third-order valence-electron chi connectivity index (χ3n) is 3.58. The van der Waals surface area contributed by atoms with Crippen molar-refractivity contribution in [3.8, 4) is 0 Å². The smallest absolute Gasteiger partial charge is 0.193 e. The molecule has 1 unspecified atom stereocenters. The van der Waals surface area contributed by atoms with Gasteiger partial charge in [-0.05, 0) is 46.0 Å². The summed E-state index contributed by atoms with van der Waals surface area (Å²) in [6.45, 7) is 3.71. The predicted octanol–water partition coefficient (Wildman–Crippen LogP) is 4.32. The van der Waals surface area contributed by atoms with Gasteiger partial charge in [0.15, 0.2) is 5.96 Å². The number of halogens is 2. The van der Waals surface area contributed by atoms with Crippen molar-refractivity contribution in [2.24, 2.45) is 4.99 Å². The van der Waals surface area contributed by atoms with Crippen molar-refractivity contribution in [2.75, 3.05) is 20.6 Å². The zero-order valence-electron chi connectivity index (χ0n) is 13.6. The minimum Gasteiger partial charge on any atom is -0.356 e. The van der Waals surface area contributed by atoms with Gasteiger partial charge in [0.05, 0.1) is 0 Å². The molecule has 23 heavy (non-hydrogen) atoms. The number of thiophene rings is 1. The zero-order chi connectivity index (χ0) is 15.9. The number of nitrogens with one attached hydrogen (secondary N) is 1. The molecule has 1 N–H and O–H groups in total. The van der Waals surface area contributed by atoms with Gasteiger partial charge >= 0.3 is 0 Å². The molecule has 0 spiro atoms. The summed E-state index contributed by atoms with van der Waals surface area (Å²) < 4.78 is 12.9. The van der Waals surface area contributed by atoms with Crippen LogP contribution in [0.1, 0.15) is 24.0 Å². The Labute approximate surface area is 158 Å². The van der Waals surface area contributed by atoms with E-state index in [-0.39, 0.29) is 29.8 Å². The van der Waals surface area contributed by atoms with E-state index in [2.05, 4.69) is 34.1 Å². The van der Waals surface area contributed by atoms with Gasteiger partial charge in [0.2, 0.25) is 0 Å². The van der Waals surface area contributed by atoms with E-state index >= 15 is 0 Å². The molecule has 1 heterocycles. The van der Waals surface area contributed by atoms with E-state index in [1.165, 1.54) is 17.7 Å². The Morgan fingerprint density at radius 2 is 2.00 bits per heavy atom. The first-order valence-corrected chi connectivity index (χ1v) is 8.22. The monoisotopic (exact) mass is 447 g/mol. The normalized spacial score (nSPS) is 12.4. The van der Waals surface area contributed by atoms with Gasteiger partial charge in [-0.15, -0.1) is 24.0 Å². The lowest BCUT2D eigenvalue weighted by molar-refractivity contribution is 0.473.